The monoisotopic (exact) mass is 334 g/mol. The minimum Gasteiger partial charge on any atom is -0.351 e. The highest BCUT2D eigenvalue weighted by atomic mass is 32.1. The summed E-state index contributed by atoms with van der Waals surface area (Å²) in [5.41, 5.74) is 0. The molecule has 0 spiro atoms. The molecule has 2 amide bonds. The van der Waals surface area contributed by atoms with Crippen molar-refractivity contribution >= 4 is 23.2 Å². The molecule has 4 nitrogen and oxygen atoms in total. The number of nitrogens with zero attached hydrogens (tertiary/aromatic N) is 1. The van der Waals surface area contributed by atoms with Gasteiger partial charge in [0, 0.05) is 22.7 Å². The number of carbonyl (C=O) groups excluding carboxylic acids is 2. The predicted octanol–water partition coefficient (Wildman–Crippen LogP) is 2.34. The summed E-state index contributed by atoms with van der Waals surface area (Å²) in [5, 5.41) is 2.69. The van der Waals surface area contributed by atoms with E-state index in [4.69, 9.17) is 0 Å². The van der Waals surface area contributed by atoms with Crippen LogP contribution in [-0.4, -0.2) is 36.0 Å². The Kier molecular flexibility index (Phi) is 5.10. The largest absolute Gasteiger partial charge is 0.406 e. The van der Waals surface area contributed by atoms with Gasteiger partial charge in [-0.05, 0) is 18.6 Å². The first kappa shape index (κ1) is 16.8. The summed E-state index contributed by atoms with van der Waals surface area (Å²) < 4.78 is 37.0. The Hall–Kier alpha value is -1.57. The lowest BCUT2D eigenvalue weighted by atomic mass is 10.1. The van der Waals surface area contributed by atoms with Crippen molar-refractivity contribution in [3.8, 4) is 0 Å². The number of aryl methyl sites for hydroxylation is 1. The van der Waals surface area contributed by atoms with Crippen LogP contribution in [0.4, 0.5) is 13.2 Å². The second kappa shape index (κ2) is 6.68. The van der Waals surface area contributed by atoms with E-state index in [9.17, 15) is 22.8 Å². The summed E-state index contributed by atoms with van der Waals surface area (Å²) in [5.74, 6) is -1.70. The molecule has 1 aliphatic rings. The molecular formula is C14H17F3N2O2S. The van der Waals surface area contributed by atoms with E-state index in [0.717, 1.165) is 11.3 Å². The van der Waals surface area contributed by atoms with E-state index in [1.807, 2.05) is 19.1 Å². The van der Waals surface area contributed by atoms with Crippen molar-refractivity contribution < 1.29 is 22.8 Å². The van der Waals surface area contributed by atoms with Crippen LogP contribution in [0.15, 0.2) is 12.1 Å². The van der Waals surface area contributed by atoms with Gasteiger partial charge in [0.15, 0.2) is 0 Å². The average Bonchev–Trinajstić information content (AvgIpc) is 3.02. The Balaban J connectivity index is 1.84. The van der Waals surface area contributed by atoms with Crippen LogP contribution in [0.2, 0.25) is 0 Å². The minimum atomic E-state index is -4.44. The Morgan fingerprint density at radius 3 is 2.68 bits per heavy atom. The molecule has 1 fully saturated rings. The first-order valence-corrected chi connectivity index (χ1v) is 7.80. The molecule has 1 unspecified atom stereocenters. The van der Waals surface area contributed by atoms with Gasteiger partial charge in [-0.25, -0.2) is 0 Å². The number of thiophene rings is 1. The molecule has 0 radical (unpaired) electrons. The van der Waals surface area contributed by atoms with Crippen LogP contribution in [0, 0.1) is 5.92 Å². The maximum absolute atomic E-state index is 12.3. The maximum atomic E-state index is 12.3. The van der Waals surface area contributed by atoms with Crippen molar-refractivity contribution in [1.82, 2.24) is 10.2 Å². The SMILES string of the molecule is CCc1ccc(CNC(=O)C2CC(=O)N(CC(F)(F)F)C2)s1. The van der Waals surface area contributed by atoms with Gasteiger partial charge in [-0.3, -0.25) is 9.59 Å². The third-order valence-corrected chi connectivity index (χ3v) is 4.69. The lowest BCUT2D eigenvalue weighted by Crippen LogP contribution is -2.37. The average molecular weight is 334 g/mol. The van der Waals surface area contributed by atoms with Crippen LogP contribution in [0.1, 0.15) is 23.1 Å². The van der Waals surface area contributed by atoms with Gasteiger partial charge >= 0.3 is 6.18 Å². The summed E-state index contributed by atoms with van der Waals surface area (Å²) in [6.45, 7) is 0.913. The number of likely N-dealkylation sites (tertiary alicyclic amines) is 1. The van der Waals surface area contributed by atoms with Crippen molar-refractivity contribution in [2.24, 2.45) is 5.92 Å². The minimum absolute atomic E-state index is 0.160. The lowest BCUT2D eigenvalue weighted by molar-refractivity contribution is -0.157. The quantitative estimate of drug-likeness (QED) is 0.898. The second-order valence-corrected chi connectivity index (χ2v) is 6.48. The van der Waals surface area contributed by atoms with E-state index in [0.29, 0.717) is 11.4 Å². The lowest BCUT2D eigenvalue weighted by Gasteiger charge is -2.18. The van der Waals surface area contributed by atoms with Crippen LogP contribution in [0.5, 0.6) is 0 Å². The third kappa shape index (κ3) is 4.46. The molecule has 122 valence electrons. The van der Waals surface area contributed by atoms with Crippen LogP contribution >= 0.6 is 11.3 Å². The van der Waals surface area contributed by atoms with Gasteiger partial charge < -0.3 is 10.2 Å². The Labute approximate surface area is 130 Å². The molecule has 0 bridgehead atoms. The van der Waals surface area contributed by atoms with Crippen molar-refractivity contribution in [3.05, 3.63) is 21.9 Å². The zero-order valence-electron chi connectivity index (χ0n) is 12.1. The van der Waals surface area contributed by atoms with Gasteiger partial charge in [-0.15, -0.1) is 11.3 Å². The molecule has 1 aromatic rings. The van der Waals surface area contributed by atoms with Gasteiger partial charge in [-0.2, -0.15) is 13.2 Å². The Morgan fingerprint density at radius 1 is 1.41 bits per heavy atom. The Bertz CT molecular complexity index is 557. The highest BCUT2D eigenvalue weighted by Crippen LogP contribution is 2.24. The zero-order valence-corrected chi connectivity index (χ0v) is 12.9. The zero-order chi connectivity index (χ0) is 16.3. The highest BCUT2D eigenvalue weighted by molar-refractivity contribution is 7.11. The van der Waals surface area contributed by atoms with Gasteiger partial charge in [0.1, 0.15) is 6.54 Å². The normalized spacial score (nSPS) is 18.8. The van der Waals surface area contributed by atoms with E-state index in [-0.39, 0.29) is 18.9 Å². The molecule has 1 atom stereocenters. The second-order valence-electron chi connectivity index (χ2n) is 5.23. The molecule has 1 aromatic heterocycles. The molecule has 2 rings (SSSR count). The number of carbonyl (C=O) groups is 2. The molecule has 2 heterocycles. The van der Waals surface area contributed by atoms with Gasteiger partial charge in [0.2, 0.25) is 11.8 Å². The predicted molar refractivity (Wildman–Crippen MR) is 76.3 cm³/mol. The first-order chi connectivity index (χ1) is 10.3. The number of hydrogen-bond donors (Lipinski definition) is 1. The molecule has 0 aromatic carbocycles. The van der Waals surface area contributed by atoms with Crippen molar-refractivity contribution in [1.29, 1.82) is 0 Å². The highest BCUT2D eigenvalue weighted by Gasteiger charge is 2.40. The molecule has 8 heteroatoms. The van der Waals surface area contributed by atoms with E-state index in [1.54, 1.807) is 11.3 Å². The smallest absolute Gasteiger partial charge is 0.351 e. The summed E-state index contributed by atoms with van der Waals surface area (Å²) in [4.78, 5) is 26.4. The maximum Gasteiger partial charge on any atom is 0.406 e. The molecular weight excluding hydrogens is 317 g/mol. The van der Waals surface area contributed by atoms with E-state index in [1.165, 1.54) is 4.88 Å². The molecule has 1 saturated heterocycles. The fraction of sp³-hybridized carbons (Fsp3) is 0.571. The first-order valence-electron chi connectivity index (χ1n) is 6.98. The van der Waals surface area contributed by atoms with E-state index in [2.05, 4.69) is 5.32 Å². The van der Waals surface area contributed by atoms with E-state index < -0.39 is 24.5 Å². The fourth-order valence-corrected chi connectivity index (χ4v) is 3.24. The summed E-state index contributed by atoms with van der Waals surface area (Å²) in [6, 6.07) is 3.90. The van der Waals surface area contributed by atoms with Crippen LogP contribution < -0.4 is 5.32 Å². The summed E-state index contributed by atoms with van der Waals surface area (Å²) in [6.07, 6.45) is -3.68. The standard InChI is InChI=1S/C14H17F3N2O2S/c1-2-10-3-4-11(22-10)6-18-13(21)9-5-12(20)19(7-9)8-14(15,16)17/h3-4,9H,2,5-8H2,1H3,(H,18,21). The molecule has 0 saturated carbocycles. The molecule has 22 heavy (non-hydrogen) atoms. The fourth-order valence-electron chi connectivity index (χ4n) is 2.34. The van der Waals surface area contributed by atoms with Crippen molar-refractivity contribution in [2.45, 2.75) is 32.5 Å². The number of rotatable bonds is 5. The number of amides is 2. The molecule has 1 aliphatic heterocycles. The number of halogens is 3. The summed E-state index contributed by atoms with van der Waals surface area (Å²) >= 11 is 1.59. The third-order valence-electron chi connectivity index (χ3n) is 3.46. The van der Waals surface area contributed by atoms with Crippen LogP contribution in [-0.2, 0) is 22.6 Å². The number of nitrogens with one attached hydrogen (secondary N) is 1. The van der Waals surface area contributed by atoms with Crippen molar-refractivity contribution in [3.63, 3.8) is 0 Å². The molecule has 1 N–H and O–H groups in total. The van der Waals surface area contributed by atoms with Gasteiger partial charge in [-0.1, -0.05) is 6.92 Å². The van der Waals surface area contributed by atoms with Crippen LogP contribution in [0.25, 0.3) is 0 Å². The summed E-state index contributed by atoms with van der Waals surface area (Å²) in [7, 11) is 0. The molecule has 0 aliphatic carbocycles. The van der Waals surface area contributed by atoms with E-state index >= 15 is 0 Å². The van der Waals surface area contributed by atoms with Gasteiger partial charge in [0.25, 0.3) is 0 Å². The number of hydrogen-bond acceptors (Lipinski definition) is 3. The number of alkyl halides is 3. The topological polar surface area (TPSA) is 49.4 Å². The Morgan fingerprint density at radius 2 is 2.09 bits per heavy atom. The van der Waals surface area contributed by atoms with Crippen LogP contribution in [0.3, 0.4) is 0 Å². The van der Waals surface area contributed by atoms with Crippen molar-refractivity contribution in [2.75, 3.05) is 13.1 Å². The van der Waals surface area contributed by atoms with Gasteiger partial charge in [0.05, 0.1) is 12.5 Å².